The molecule has 0 N–H and O–H groups in total. The van der Waals surface area contributed by atoms with Gasteiger partial charge in [-0.3, -0.25) is 4.79 Å². The van der Waals surface area contributed by atoms with E-state index in [-0.39, 0.29) is 22.8 Å². The lowest BCUT2D eigenvalue weighted by atomic mass is 10.2. The van der Waals surface area contributed by atoms with E-state index in [0.717, 1.165) is 24.5 Å². The van der Waals surface area contributed by atoms with Crippen LogP contribution in [0.3, 0.4) is 0 Å². The van der Waals surface area contributed by atoms with E-state index in [1.165, 1.54) is 63.8 Å². The molecule has 0 amide bonds. The first-order valence-corrected chi connectivity index (χ1v) is 10.7. The summed E-state index contributed by atoms with van der Waals surface area (Å²) in [6.07, 6.45) is 0.146. The minimum absolute atomic E-state index is 0.0712. The molecule has 37 heavy (non-hydrogen) atoms. The molecule has 3 heterocycles. The van der Waals surface area contributed by atoms with E-state index in [1.807, 2.05) is 0 Å². The van der Waals surface area contributed by atoms with Gasteiger partial charge in [0.25, 0.3) is 0 Å². The van der Waals surface area contributed by atoms with Gasteiger partial charge in [-0.25, -0.2) is 18.1 Å². The van der Waals surface area contributed by atoms with Gasteiger partial charge in [0.05, 0.1) is 30.3 Å². The molecule has 0 aliphatic heterocycles. The van der Waals surface area contributed by atoms with E-state index >= 15 is 0 Å². The average molecular weight is 513 g/mol. The minimum Gasteiger partial charge on any atom is -0.494 e. The van der Waals surface area contributed by atoms with Crippen molar-refractivity contribution >= 4 is 0 Å². The Morgan fingerprint density at radius 1 is 0.919 bits per heavy atom. The van der Waals surface area contributed by atoms with Crippen LogP contribution >= 0.6 is 0 Å². The predicted molar refractivity (Wildman–Crippen MR) is 123 cm³/mol. The summed E-state index contributed by atoms with van der Waals surface area (Å²) >= 11 is 0. The number of alkyl halides is 3. The summed E-state index contributed by atoms with van der Waals surface area (Å²) in [5.74, 6) is -1.74. The zero-order valence-electron chi connectivity index (χ0n) is 18.9. The number of halogens is 5. The number of ether oxygens (including phenoxy) is 1. The van der Waals surface area contributed by atoms with Crippen LogP contribution in [-0.4, -0.2) is 31.2 Å². The fourth-order valence-corrected chi connectivity index (χ4v) is 3.79. The van der Waals surface area contributed by atoms with Gasteiger partial charge in [0, 0.05) is 36.4 Å². The summed E-state index contributed by atoms with van der Waals surface area (Å²) in [4.78, 5) is 12.7. The van der Waals surface area contributed by atoms with E-state index in [2.05, 4.69) is 10.2 Å². The second kappa shape index (κ2) is 9.04. The van der Waals surface area contributed by atoms with Gasteiger partial charge in [-0.1, -0.05) is 6.07 Å². The second-order valence-electron chi connectivity index (χ2n) is 7.87. The van der Waals surface area contributed by atoms with Crippen molar-refractivity contribution in [1.29, 1.82) is 0 Å². The van der Waals surface area contributed by atoms with Crippen molar-refractivity contribution in [2.75, 3.05) is 7.11 Å². The molecule has 2 aromatic carbocycles. The van der Waals surface area contributed by atoms with Crippen molar-refractivity contribution in [3.63, 3.8) is 0 Å². The van der Waals surface area contributed by atoms with Crippen molar-refractivity contribution < 1.29 is 26.7 Å². The van der Waals surface area contributed by atoms with Crippen LogP contribution in [0.25, 0.3) is 28.5 Å². The van der Waals surface area contributed by atoms with E-state index in [1.54, 1.807) is 12.1 Å². The first-order valence-electron chi connectivity index (χ1n) is 10.7. The molecule has 5 rings (SSSR count). The molecule has 7 nitrogen and oxygen atoms in total. The number of benzene rings is 2. The maximum atomic E-state index is 13.5. The van der Waals surface area contributed by atoms with Gasteiger partial charge in [0.2, 0.25) is 5.43 Å². The van der Waals surface area contributed by atoms with Gasteiger partial charge in [0.1, 0.15) is 11.4 Å². The van der Waals surface area contributed by atoms with Crippen molar-refractivity contribution in [3.05, 3.63) is 107 Å². The Morgan fingerprint density at radius 3 is 2.38 bits per heavy atom. The summed E-state index contributed by atoms with van der Waals surface area (Å²) < 4.78 is 75.8. The number of aromatic nitrogens is 5. The molecule has 0 atom stereocenters. The van der Waals surface area contributed by atoms with Gasteiger partial charge in [-0.2, -0.15) is 23.4 Å². The van der Waals surface area contributed by atoms with Crippen molar-refractivity contribution in [3.8, 4) is 34.2 Å². The molecule has 0 aliphatic carbocycles. The molecule has 0 bridgehead atoms. The Kier molecular flexibility index (Phi) is 5.86. The van der Waals surface area contributed by atoms with Gasteiger partial charge < -0.3 is 9.30 Å². The number of nitrogens with zero attached hydrogens (tertiary/aromatic N) is 5. The molecule has 0 saturated carbocycles. The summed E-state index contributed by atoms with van der Waals surface area (Å²) in [5.41, 5.74) is -0.348. The second-order valence-corrected chi connectivity index (χ2v) is 7.87. The molecule has 0 radical (unpaired) electrons. The SMILES string of the molecule is COc1cc(-n2cc(F)c(F)c2)ccc1-n1ccc(=O)c(-c2ccnn2-c2cccc(C(F)(F)F)c2)n1. The summed E-state index contributed by atoms with van der Waals surface area (Å²) in [6.45, 7) is 0. The molecule has 0 unspecified atom stereocenters. The zero-order chi connectivity index (χ0) is 26.3. The Labute approximate surface area is 205 Å². The normalized spacial score (nSPS) is 11.6. The summed E-state index contributed by atoms with van der Waals surface area (Å²) in [6, 6.07) is 11.9. The van der Waals surface area contributed by atoms with Gasteiger partial charge >= 0.3 is 6.18 Å². The van der Waals surface area contributed by atoms with Gasteiger partial charge in [-0.05, 0) is 36.4 Å². The highest BCUT2D eigenvalue weighted by molar-refractivity contribution is 5.59. The fourth-order valence-electron chi connectivity index (χ4n) is 3.79. The highest BCUT2D eigenvalue weighted by Crippen LogP contribution is 2.31. The van der Waals surface area contributed by atoms with Crippen molar-refractivity contribution in [2.24, 2.45) is 0 Å². The van der Waals surface area contributed by atoms with Crippen LogP contribution in [0.1, 0.15) is 5.56 Å². The number of rotatable bonds is 5. The number of hydrogen-bond donors (Lipinski definition) is 0. The maximum Gasteiger partial charge on any atom is 0.416 e. The summed E-state index contributed by atoms with van der Waals surface area (Å²) in [5, 5.41) is 8.48. The average Bonchev–Trinajstić information content (AvgIpc) is 3.50. The third-order valence-corrected chi connectivity index (χ3v) is 5.55. The van der Waals surface area contributed by atoms with E-state index in [4.69, 9.17) is 4.74 Å². The minimum atomic E-state index is -4.55. The van der Waals surface area contributed by atoms with Gasteiger partial charge in [0.15, 0.2) is 17.3 Å². The van der Waals surface area contributed by atoms with Gasteiger partial charge in [-0.15, -0.1) is 0 Å². The number of methoxy groups -OCH3 is 1. The molecule has 5 aromatic rings. The van der Waals surface area contributed by atoms with E-state index in [0.29, 0.717) is 11.4 Å². The van der Waals surface area contributed by atoms with E-state index in [9.17, 15) is 26.7 Å². The topological polar surface area (TPSA) is 66.9 Å². The first-order chi connectivity index (χ1) is 17.7. The van der Waals surface area contributed by atoms with Crippen LogP contribution in [0.15, 0.2) is 84.2 Å². The lowest BCUT2D eigenvalue weighted by molar-refractivity contribution is -0.137. The van der Waals surface area contributed by atoms with Crippen LogP contribution < -0.4 is 10.2 Å². The smallest absolute Gasteiger partial charge is 0.416 e. The molecule has 0 spiro atoms. The molecule has 0 saturated heterocycles. The van der Waals surface area contributed by atoms with Crippen LogP contribution in [-0.2, 0) is 6.18 Å². The molecule has 0 fully saturated rings. The van der Waals surface area contributed by atoms with Crippen LogP contribution in [0.4, 0.5) is 22.0 Å². The van der Waals surface area contributed by atoms with Crippen LogP contribution in [0.5, 0.6) is 5.75 Å². The fraction of sp³-hybridized carbons (Fsp3) is 0.0800. The molecule has 0 aliphatic rings. The highest BCUT2D eigenvalue weighted by atomic mass is 19.4. The van der Waals surface area contributed by atoms with Crippen molar-refractivity contribution in [2.45, 2.75) is 6.18 Å². The third-order valence-electron chi connectivity index (χ3n) is 5.55. The van der Waals surface area contributed by atoms with Crippen molar-refractivity contribution in [1.82, 2.24) is 24.1 Å². The molecular weight excluding hydrogens is 497 g/mol. The number of hydrogen-bond acceptors (Lipinski definition) is 4. The highest BCUT2D eigenvalue weighted by Gasteiger charge is 2.30. The Balaban J connectivity index is 1.58. The summed E-state index contributed by atoms with van der Waals surface area (Å²) in [7, 11) is 1.39. The van der Waals surface area contributed by atoms with Crippen LogP contribution in [0, 0.1) is 11.6 Å². The third kappa shape index (κ3) is 4.48. The molecule has 188 valence electrons. The van der Waals surface area contributed by atoms with Crippen LogP contribution in [0.2, 0.25) is 0 Å². The Morgan fingerprint density at radius 2 is 1.68 bits per heavy atom. The maximum absolute atomic E-state index is 13.5. The standard InChI is InChI=1S/C25H16F5N5O2/c1-37-23-12-16(33-13-18(26)19(27)14-33)5-6-20(23)34-10-8-22(36)24(32-34)21-7-9-31-35(21)17-4-2-3-15(11-17)25(28,29)30/h2-14H,1H3. The quantitative estimate of drug-likeness (QED) is 0.304. The molecular formula is C25H16F5N5O2. The zero-order valence-corrected chi connectivity index (χ0v) is 18.9. The largest absolute Gasteiger partial charge is 0.494 e. The predicted octanol–water partition coefficient (Wildman–Crippen LogP) is 5.18. The Bertz CT molecular complexity index is 1650. The monoisotopic (exact) mass is 513 g/mol. The first kappa shape index (κ1) is 24.0. The lowest BCUT2D eigenvalue weighted by Gasteiger charge is -2.14. The van der Waals surface area contributed by atoms with E-state index < -0.39 is 28.8 Å². The lowest BCUT2D eigenvalue weighted by Crippen LogP contribution is -2.15. The Hall–Kier alpha value is -4.74. The molecule has 12 heteroatoms. The molecule has 3 aromatic heterocycles.